The van der Waals surface area contributed by atoms with E-state index in [-0.39, 0.29) is 11.6 Å². The third-order valence-corrected chi connectivity index (χ3v) is 5.56. The Morgan fingerprint density at radius 2 is 2.07 bits per heavy atom. The van der Waals surface area contributed by atoms with E-state index in [4.69, 9.17) is 14.2 Å². The topological polar surface area (TPSA) is 86.3 Å². The Labute approximate surface area is 162 Å². The Hall–Kier alpha value is -2.74. The van der Waals surface area contributed by atoms with Gasteiger partial charge in [-0.1, -0.05) is 17.3 Å². The standard InChI is InChI=1S/C20H23N5O3/c1-27-12-17-22-20(28-23-17)24-10-4-7-16(24)18-21-15-6-3-2-5-14(15)19(26)25(18)11-13-8-9-13/h2-3,5-6,13,16H,4,7-12H2,1H3. The fourth-order valence-electron chi connectivity index (χ4n) is 3.99. The van der Waals surface area contributed by atoms with E-state index in [1.165, 1.54) is 12.8 Å². The zero-order valence-electron chi connectivity index (χ0n) is 15.9. The number of anilines is 1. The fourth-order valence-corrected chi connectivity index (χ4v) is 3.99. The molecule has 0 N–H and O–H groups in total. The lowest BCUT2D eigenvalue weighted by Crippen LogP contribution is -2.33. The highest BCUT2D eigenvalue weighted by Crippen LogP contribution is 2.36. The van der Waals surface area contributed by atoms with Crippen molar-refractivity contribution in [1.82, 2.24) is 19.7 Å². The van der Waals surface area contributed by atoms with E-state index in [0.717, 1.165) is 37.3 Å². The van der Waals surface area contributed by atoms with Gasteiger partial charge in [0.2, 0.25) is 0 Å². The lowest BCUT2D eigenvalue weighted by atomic mass is 10.1. The van der Waals surface area contributed by atoms with Crippen LogP contribution >= 0.6 is 0 Å². The average Bonchev–Trinajstić information content (AvgIpc) is 3.19. The molecular formula is C20H23N5O3. The monoisotopic (exact) mass is 381 g/mol. The van der Waals surface area contributed by atoms with Crippen molar-refractivity contribution < 1.29 is 9.26 Å². The van der Waals surface area contributed by atoms with Crippen molar-refractivity contribution in [2.45, 2.75) is 44.9 Å². The maximum Gasteiger partial charge on any atom is 0.324 e. The summed E-state index contributed by atoms with van der Waals surface area (Å²) in [5, 5.41) is 4.66. The van der Waals surface area contributed by atoms with Crippen molar-refractivity contribution in [3.05, 3.63) is 46.3 Å². The second kappa shape index (κ2) is 7.01. The van der Waals surface area contributed by atoms with Crippen molar-refractivity contribution in [3.8, 4) is 0 Å². The first-order valence-corrected chi connectivity index (χ1v) is 9.82. The van der Waals surface area contributed by atoms with Gasteiger partial charge in [-0.3, -0.25) is 9.36 Å². The van der Waals surface area contributed by atoms with Crippen LogP contribution < -0.4 is 10.5 Å². The van der Waals surface area contributed by atoms with Crippen LogP contribution in [0.1, 0.15) is 43.4 Å². The van der Waals surface area contributed by atoms with Crippen LogP contribution in [0.25, 0.3) is 10.9 Å². The van der Waals surface area contributed by atoms with E-state index in [1.807, 2.05) is 28.8 Å². The first-order valence-electron chi connectivity index (χ1n) is 9.82. The third-order valence-electron chi connectivity index (χ3n) is 5.56. The van der Waals surface area contributed by atoms with Gasteiger partial charge in [0.15, 0.2) is 5.82 Å². The Kier molecular flexibility index (Phi) is 4.35. The van der Waals surface area contributed by atoms with Crippen LogP contribution in [0.5, 0.6) is 0 Å². The van der Waals surface area contributed by atoms with Gasteiger partial charge >= 0.3 is 6.01 Å². The minimum atomic E-state index is -0.0492. The maximum atomic E-state index is 13.2. The first-order chi connectivity index (χ1) is 13.7. The van der Waals surface area contributed by atoms with Crippen LogP contribution in [0.15, 0.2) is 33.6 Å². The molecule has 0 spiro atoms. The molecule has 0 amide bonds. The van der Waals surface area contributed by atoms with Crippen LogP contribution in [-0.4, -0.2) is 33.3 Å². The highest BCUT2D eigenvalue weighted by atomic mass is 16.5. The lowest BCUT2D eigenvalue weighted by molar-refractivity contribution is 0.174. The van der Waals surface area contributed by atoms with Gasteiger partial charge in [-0.25, -0.2) is 4.98 Å². The molecular weight excluding hydrogens is 358 g/mol. The quantitative estimate of drug-likeness (QED) is 0.649. The second-order valence-corrected chi connectivity index (χ2v) is 7.62. The number of para-hydroxylation sites is 1. The van der Waals surface area contributed by atoms with Crippen molar-refractivity contribution >= 4 is 16.9 Å². The van der Waals surface area contributed by atoms with E-state index >= 15 is 0 Å². The molecule has 0 radical (unpaired) electrons. The van der Waals surface area contributed by atoms with Gasteiger partial charge in [0.05, 0.1) is 16.9 Å². The number of methoxy groups -OCH3 is 1. The summed E-state index contributed by atoms with van der Waals surface area (Å²) in [6.45, 7) is 1.84. The highest BCUT2D eigenvalue weighted by Gasteiger charge is 2.35. The highest BCUT2D eigenvalue weighted by molar-refractivity contribution is 5.77. The summed E-state index contributed by atoms with van der Waals surface area (Å²) in [6.07, 6.45) is 4.24. The molecule has 5 rings (SSSR count). The fraction of sp³-hybridized carbons (Fsp3) is 0.500. The molecule has 8 heteroatoms. The van der Waals surface area contributed by atoms with Gasteiger partial charge in [0.1, 0.15) is 12.4 Å². The molecule has 1 aliphatic carbocycles. The third kappa shape index (κ3) is 3.07. The number of benzene rings is 1. The van der Waals surface area contributed by atoms with E-state index in [2.05, 4.69) is 15.0 Å². The van der Waals surface area contributed by atoms with Gasteiger partial charge in [0, 0.05) is 20.2 Å². The zero-order valence-corrected chi connectivity index (χ0v) is 15.9. The van der Waals surface area contributed by atoms with E-state index < -0.39 is 0 Å². The smallest absolute Gasteiger partial charge is 0.324 e. The normalized spacial score (nSPS) is 19.6. The molecule has 1 aromatic carbocycles. The largest absolute Gasteiger partial charge is 0.377 e. The molecule has 1 atom stereocenters. The summed E-state index contributed by atoms with van der Waals surface area (Å²) in [7, 11) is 1.60. The minimum absolute atomic E-state index is 0.0463. The van der Waals surface area contributed by atoms with Crippen LogP contribution in [0.3, 0.4) is 0 Å². The maximum absolute atomic E-state index is 13.2. The summed E-state index contributed by atoms with van der Waals surface area (Å²) >= 11 is 0. The molecule has 1 aliphatic heterocycles. The summed E-state index contributed by atoms with van der Waals surface area (Å²) < 4.78 is 12.4. The molecule has 1 unspecified atom stereocenters. The molecule has 28 heavy (non-hydrogen) atoms. The Balaban J connectivity index is 1.59. The van der Waals surface area contributed by atoms with E-state index in [0.29, 0.717) is 29.8 Å². The molecule has 2 aliphatic rings. The number of hydrogen-bond acceptors (Lipinski definition) is 7. The summed E-state index contributed by atoms with van der Waals surface area (Å²) in [6, 6.07) is 8.00. The van der Waals surface area contributed by atoms with Gasteiger partial charge in [0.25, 0.3) is 5.56 Å². The van der Waals surface area contributed by atoms with Crippen molar-refractivity contribution in [3.63, 3.8) is 0 Å². The number of rotatable bonds is 6. The molecule has 8 nitrogen and oxygen atoms in total. The lowest BCUT2D eigenvalue weighted by Gasteiger charge is -2.25. The van der Waals surface area contributed by atoms with Crippen molar-refractivity contribution in [1.29, 1.82) is 0 Å². The Bertz CT molecular complexity index is 1060. The molecule has 1 saturated heterocycles. The molecule has 1 saturated carbocycles. The molecule has 0 bridgehead atoms. The predicted octanol–water partition coefficient (Wildman–Crippen LogP) is 2.68. The molecule has 3 heterocycles. The molecule has 2 aromatic heterocycles. The predicted molar refractivity (Wildman–Crippen MR) is 103 cm³/mol. The van der Waals surface area contributed by atoms with Gasteiger partial charge in [-0.15, -0.1) is 0 Å². The number of fused-ring (bicyclic) bond motifs is 1. The molecule has 2 fully saturated rings. The number of nitrogens with zero attached hydrogens (tertiary/aromatic N) is 5. The van der Waals surface area contributed by atoms with Gasteiger partial charge < -0.3 is 14.2 Å². The Morgan fingerprint density at radius 3 is 2.89 bits per heavy atom. The van der Waals surface area contributed by atoms with Gasteiger partial charge in [-0.2, -0.15) is 4.98 Å². The average molecular weight is 381 g/mol. The SMILES string of the molecule is COCc1noc(N2CCCC2c2nc3ccccc3c(=O)n2CC2CC2)n1. The van der Waals surface area contributed by atoms with Crippen LogP contribution in [0.4, 0.5) is 6.01 Å². The van der Waals surface area contributed by atoms with Crippen LogP contribution in [-0.2, 0) is 17.9 Å². The number of hydrogen-bond donors (Lipinski definition) is 0. The van der Waals surface area contributed by atoms with Crippen molar-refractivity contribution in [2.75, 3.05) is 18.6 Å². The van der Waals surface area contributed by atoms with E-state index in [1.54, 1.807) is 7.11 Å². The minimum Gasteiger partial charge on any atom is -0.377 e. The van der Waals surface area contributed by atoms with E-state index in [9.17, 15) is 4.79 Å². The number of aromatic nitrogens is 4. The summed E-state index contributed by atoms with van der Waals surface area (Å²) in [5.74, 6) is 1.90. The Morgan fingerprint density at radius 1 is 1.21 bits per heavy atom. The molecule has 146 valence electrons. The van der Waals surface area contributed by atoms with Crippen LogP contribution in [0, 0.1) is 5.92 Å². The van der Waals surface area contributed by atoms with Gasteiger partial charge in [-0.05, 0) is 43.7 Å². The summed E-state index contributed by atoms with van der Waals surface area (Å²) in [5.41, 5.74) is 0.789. The summed E-state index contributed by atoms with van der Waals surface area (Å²) in [4.78, 5) is 24.7. The van der Waals surface area contributed by atoms with Crippen LogP contribution in [0.2, 0.25) is 0 Å². The molecule has 3 aromatic rings. The number of ether oxygens (including phenoxy) is 1. The first kappa shape index (κ1) is 17.4. The zero-order chi connectivity index (χ0) is 19.1. The second-order valence-electron chi connectivity index (χ2n) is 7.62. The van der Waals surface area contributed by atoms with Crippen molar-refractivity contribution in [2.24, 2.45) is 5.92 Å².